The topological polar surface area (TPSA) is 55.6 Å². The molecule has 1 atom stereocenters. The summed E-state index contributed by atoms with van der Waals surface area (Å²) in [5.41, 5.74) is 6.27. The molecule has 0 spiro atoms. The molecule has 4 heteroatoms. The minimum Gasteiger partial charge on any atom is -0.380 e. The summed E-state index contributed by atoms with van der Waals surface area (Å²) in [5.74, 6) is 0.379. The molecule has 3 saturated carbocycles. The van der Waals surface area contributed by atoms with E-state index in [9.17, 15) is 4.79 Å². The lowest BCUT2D eigenvalue weighted by Crippen LogP contribution is -2.57. The highest BCUT2D eigenvalue weighted by atomic mass is 16.5. The summed E-state index contributed by atoms with van der Waals surface area (Å²) in [5, 5.41) is 0. The molecule has 1 saturated heterocycles. The number of carbonyl (C=O) groups is 1. The fourth-order valence-electron chi connectivity index (χ4n) is 3.98. The smallest absolute Gasteiger partial charge is 0.228 e. The Balaban J connectivity index is 1.70. The lowest BCUT2D eigenvalue weighted by atomic mass is 9.57. The van der Waals surface area contributed by atoms with Gasteiger partial charge in [-0.1, -0.05) is 0 Å². The van der Waals surface area contributed by atoms with Gasteiger partial charge in [-0.2, -0.15) is 0 Å². The van der Waals surface area contributed by atoms with E-state index >= 15 is 0 Å². The van der Waals surface area contributed by atoms with E-state index in [1.165, 1.54) is 0 Å². The van der Waals surface area contributed by atoms with Crippen LogP contribution in [0.5, 0.6) is 0 Å². The monoisotopic (exact) mass is 252 g/mol. The number of hydrogen-bond donors (Lipinski definition) is 1. The number of carbonyl (C=O) groups excluding carboxylic acids is 1. The van der Waals surface area contributed by atoms with Gasteiger partial charge < -0.3 is 15.4 Å². The summed E-state index contributed by atoms with van der Waals surface area (Å²) in [6.07, 6.45) is 7.30. The predicted octanol–water partition coefficient (Wildman–Crippen LogP) is 1.29. The van der Waals surface area contributed by atoms with E-state index in [0.717, 1.165) is 58.0 Å². The van der Waals surface area contributed by atoms with Gasteiger partial charge in [0.2, 0.25) is 5.91 Å². The molecule has 1 unspecified atom stereocenters. The molecule has 1 heterocycles. The van der Waals surface area contributed by atoms with Crippen molar-refractivity contribution >= 4 is 5.91 Å². The third-order valence-corrected chi connectivity index (χ3v) is 5.52. The molecule has 1 amide bonds. The molecule has 0 aromatic carbocycles. The van der Waals surface area contributed by atoms with E-state index in [4.69, 9.17) is 10.5 Å². The van der Waals surface area contributed by atoms with Gasteiger partial charge in [0.05, 0.1) is 6.10 Å². The number of rotatable bonds is 2. The first-order chi connectivity index (χ1) is 8.57. The lowest BCUT2D eigenvalue weighted by Gasteiger charge is -2.51. The molecular formula is C14H24N2O2. The van der Waals surface area contributed by atoms with Crippen molar-refractivity contribution in [3.63, 3.8) is 0 Å². The van der Waals surface area contributed by atoms with E-state index in [2.05, 4.69) is 0 Å². The molecule has 0 aromatic heterocycles. The summed E-state index contributed by atoms with van der Waals surface area (Å²) in [7, 11) is 1.74. The second-order valence-corrected chi connectivity index (χ2v) is 6.54. The Labute approximate surface area is 109 Å². The molecule has 2 bridgehead atoms. The number of nitrogens with zero attached hydrogens (tertiary/aromatic N) is 1. The van der Waals surface area contributed by atoms with Crippen molar-refractivity contribution in [3.05, 3.63) is 0 Å². The quantitative estimate of drug-likeness (QED) is 0.805. The van der Waals surface area contributed by atoms with Crippen LogP contribution in [0.1, 0.15) is 44.9 Å². The molecule has 4 nitrogen and oxygen atoms in total. The van der Waals surface area contributed by atoms with Gasteiger partial charge in [0.1, 0.15) is 0 Å². The normalized spacial score (nSPS) is 43.4. The van der Waals surface area contributed by atoms with Crippen molar-refractivity contribution in [2.45, 2.75) is 56.6 Å². The maximum Gasteiger partial charge on any atom is 0.228 e. The first-order valence-corrected chi connectivity index (χ1v) is 7.18. The second-order valence-electron chi connectivity index (χ2n) is 6.54. The Morgan fingerprint density at radius 2 is 1.83 bits per heavy atom. The van der Waals surface area contributed by atoms with Crippen molar-refractivity contribution in [2.24, 2.45) is 11.1 Å². The van der Waals surface area contributed by atoms with E-state index in [0.29, 0.717) is 5.91 Å². The zero-order valence-electron chi connectivity index (χ0n) is 11.3. The van der Waals surface area contributed by atoms with Gasteiger partial charge in [-0.05, 0) is 44.9 Å². The van der Waals surface area contributed by atoms with Crippen LogP contribution in [0.2, 0.25) is 0 Å². The number of methoxy groups -OCH3 is 1. The van der Waals surface area contributed by atoms with Crippen LogP contribution in [0.15, 0.2) is 0 Å². The minimum atomic E-state index is -0.0796. The van der Waals surface area contributed by atoms with Crippen molar-refractivity contribution in [1.29, 1.82) is 0 Å². The predicted molar refractivity (Wildman–Crippen MR) is 69.0 cm³/mol. The maximum absolute atomic E-state index is 12.8. The van der Waals surface area contributed by atoms with Crippen LogP contribution in [0, 0.1) is 5.41 Å². The second kappa shape index (κ2) is 4.20. The van der Waals surface area contributed by atoms with Crippen molar-refractivity contribution in [1.82, 2.24) is 4.90 Å². The van der Waals surface area contributed by atoms with Crippen LogP contribution < -0.4 is 5.73 Å². The molecule has 2 N–H and O–H groups in total. The SMILES string of the molecule is COC1CCN(C(=O)C23CCC(N)(CC2)CC3)C1. The Hall–Kier alpha value is -0.610. The van der Waals surface area contributed by atoms with Crippen LogP contribution in [-0.4, -0.2) is 42.6 Å². The van der Waals surface area contributed by atoms with Crippen LogP contribution in [0.4, 0.5) is 0 Å². The average molecular weight is 252 g/mol. The van der Waals surface area contributed by atoms with Crippen molar-refractivity contribution in [3.8, 4) is 0 Å². The fraction of sp³-hybridized carbons (Fsp3) is 0.929. The Kier molecular flexibility index (Phi) is 2.90. The molecule has 4 fully saturated rings. The maximum atomic E-state index is 12.8. The van der Waals surface area contributed by atoms with Gasteiger partial charge in [-0.15, -0.1) is 0 Å². The first-order valence-electron chi connectivity index (χ1n) is 7.18. The molecule has 102 valence electrons. The van der Waals surface area contributed by atoms with Crippen LogP contribution >= 0.6 is 0 Å². The van der Waals surface area contributed by atoms with Gasteiger partial charge in [0.25, 0.3) is 0 Å². The van der Waals surface area contributed by atoms with Crippen LogP contribution in [-0.2, 0) is 9.53 Å². The number of fused-ring (bicyclic) bond motifs is 3. The zero-order chi connectivity index (χ0) is 12.8. The van der Waals surface area contributed by atoms with E-state index < -0.39 is 0 Å². The molecule has 18 heavy (non-hydrogen) atoms. The van der Waals surface area contributed by atoms with Gasteiger partial charge in [0.15, 0.2) is 0 Å². The molecule has 4 rings (SSSR count). The Morgan fingerprint density at radius 1 is 1.22 bits per heavy atom. The number of ether oxygens (including phenoxy) is 1. The molecular weight excluding hydrogens is 228 g/mol. The van der Waals surface area contributed by atoms with Gasteiger partial charge >= 0.3 is 0 Å². The van der Waals surface area contributed by atoms with E-state index in [1.54, 1.807) is 7.11 Å². The molecule has 4 aliphatic rings. The fourth-order valence-corrected chi connectivity index (χ4v) is 3.98. The summed E-state index contributed by atoms with van der Waals surface area (Å²) in [6.45, 7) is 1.65. The summed E-state index contributed by atoms with van der Waals surface area (Å²) >= 11 is 0. The van der Waals surface area contributed by atoms with Gasteiger partial charge in [-0.3, -0.25) is 4.79 Å². The Bertz CT molecular complexity index is 331. The largest absolute Gasteiger partial charge is 0.380 e. The van der Waals surface area contributed by atoms with E-state index in [-0.39, 0.29) is 17.1 Å². The number of likely N-dealkylation sites (tertiary alicyclic amines) is 1. The number of hydrogen-bond acceptors (Lipinski definition) is 3. The Morgan fingerprint density at radius 3 is 2.33 bits per heavy atom. The summed E-state index contributed by atoms with van der Waals surface area (Å²) < 4.78 is 5.36. The molecule has 3 aliphatic carbocycles. The molecule has 0 radical (unpaired) electrons. The highest BCUT2D eigenvalue weighted by Gasteiger charge is 2.52. The third kappa shape index (κ3) is 1.86. The van der Waals surface area contributed by atoms with Gasteiger partial charge in [-0.25, -0.2) is 0 Å². The average Bonchev–Trinajstić information content (AvgIpc) is 2.88. The van der Waals surface area contributed by atoms with Gasteiger partial charge in [0, 0.05) is 31.2 Å². The standard InChI is InChI=1S/C14H24N2O2/c1-18-11-2-9-16(10-11)12(17)13-3-6-14(15,7-4-13)8-5-13/h11H,2-10,15H2,1H3. The zero-order valence-corrected chi connectivity index (χ0v) is 11.3. The van der Waals surface area contributed by atoms with Crippen molar-refractivity contribution < 1.29 is 9.53 Å². The summed E-state index contributed by atoms with van der Waals surface area (Å²) in [4.78, 5) is 14.8. The first kappa shape index (κ1) is 12.4. The van der Waals surface area contributed by atoms with Crippen LogP contribution in [0.25, 0.3) is 0 Å². The lowest BCUT2D eigenvalue weighted by molar-refractivity contribution is -0.148. The number of nitrogens with two attached hydrogens (primary N) is 1. The third-order valence-electron chi connectivity index (χ3n) is 5.52. The molecule has 0 aromatic rings. The highest BCUT2D eigenvalue weighted by Crippen LogP contribution is 2.52. The minimum absolute atomic E-state index is 0.0438. The van der Waals surface area contributed by atoms with Crippen molar-refractivity contribution in [2.75, 3.05) is 20.2 Å². The highest BCUT2D eigenvalue weighted by molar-refractivity contribution is 5.83. The van der Waals surface area contributed by atoms with E-state index in [1.807, 2.05) is 4.90 Å². The molecule has 1 aliphatic heterocycles. The van der Waals surface area contributed by atoms with Crippen LogP contribution in [0.3, 0.4) is 0 Å². The number of amides is 1. The summed E-state index contributed by atoms with van der Waals surface area (Å²) in [6, 6.07) is 0.